The normalized spacial score (nSPS) is 10.2. The molecule has 0 saturated heterocycles. The molecule has 0 spiro atoms. The van der Waals surface area contributed by atoms with Gasteiger partial charge in [-0.1, -0.05) is 13.0 Å². The topological polar surface area (TPSA) is 34.1 Å². The van der Waals surface area contributed by atoms with Gasteiger partial charge in [0.05, 0.1) is 6.61 Å². The van der Waals surface area contributed by atoms with Crippen molar-refractivity contribution < 1.29 is 4.74 Å². The summed E-state index contributed by atoms with van der Waals surface area (Å²) >= 11 is 0. The van der Waals surface area contributed by atoms with E-state index in [9.17, 15) is 0 Å². The van der Waals surface area contributed by atoms with Crippen molar-refractivity contribution in [3.05, 3.63) is 53.9 Å². The van der Waals surface area contributed by atoms with Crippen LogP contribution in [0.4, 0.5) is 5.69 Å². The maximum atomic E-state index is 5.55. The number of hydrogen-bond acceptors (Lipinski definition) is 3. The summed E-state index contributed by atoms with van der Waals surface area (Å²) in [6, 6.07) is 12.2. The summed E-state index contributed by atoms with van der Waals surface area (Å²) in [5.41, 5.74) is 3.31. The molecule has 1 aromatic heterocycles. The van der Waals surface area contributed by atoms with Gasteiger partial charge in [-0.2, -0.15) is 0 Å². The highest BCUT2D eigenvalue weighted by Gasteiger charge is 1.96. The number of ether oxygens (including phenoxy) is 1. The maximum absolute atomic E-state index is 5.55. The Bertz CT molecular complexity index is 491. The van der Waals surface area contributed by atoms with Crippen molar-refractivity contribution in [2.24, 2.45) is 0 Å². The van der Waals surface area contributed by atoms with E-state index in [1.54, 1.807) is 0 Å². The van der Waals surface area contributed by atoms with Gasteiger partial charge in [-0.05, 0) is 49.2 Å². The number of hydrogen-bond donors (Lipinski definition) is 1. The van der Waals surface area contributed by atoms with Crippen LogP contribution in [-0.4, -0.2) is 11.6 Å². The van der Waals surface area contributed by atoms with Crippen LogP contribution in [0.2, 0.25) is 0 Å². The molecule has 0 atom stereocenters. The Morgan fingerprint density at radius 1 is 1.11 bits per heavy atom. The molecule has 2 rings (SSSR count). The molecule has 1 N–H and O–H groups in total. The Morgan fingerprint density at radius 3 is 2.53 bits per heavy atom. The van der Waals surface area contributed by atoms with Crippen molar-refractivity contribution in [1.82, 2.24) is 4.98 Å². The van der Waals surface area contributed by atoms with Crippen LogP contribution in [0, 0.1) is 6.92 Å². The van der Waals surface area contributed by atoms with Crippen molar-refractivity contribution in [1.29, 1.82) is 0 Å². The quantitative estimate of drug-likeness (QED) is 0.853. The molecule has 100 valence electrons. The average molecular weight is 256 g/mol. The number of aryl methyl sites for hydroxylation is 1. The lowest BCUT2D eigenvalue weighted by atomic mass is 10.2. The van der Waals surface area contributed by atoms with Crippen molar-refractivity contribution in [2.75, 3.05) is 11.9 Å². The first-order valence-corrected chi connectivity index (χ1v) is 6.66. The van der Waals surface area contributed by atoms with E-state index in [0.717, 1.165) is 36.7 Å². The number of pyridine rings is 1. The fourth-order valence-electron chi connectivity index (χ4n) is 1.70. The predicted molar refractivity (Wildman–Crippen MR) is 78.5 cm³/mol. The Morgan fingerprint density at radius 2 is 1.89 bits per heavy atom. The average Bonchev–Trinajstić information content (AvgIpc) is 2.46. The molecule has 0 radical (unpaired) electrons. The van der Waals surface area contributed by atoms with E-state index in [1.165, 1.54) is 5.56 Å². The molecule has 0 unspecified atom stereocenters. The second-order valence-electron chi connectivity index (χ2n) is 4.53. The van der Waals surface area contributed by atoms with Crippen LogP contribution >= 0.6 is 0 Å². The van der Waals surface area contributed by atoms with E-state index in [-0.39, 0.29) is 0 Å². The van der Waals surface area contributed by atoms with Crippen LogP contribution in [-0.2, 0) is 6.54 Å². The van der Waals surface area contributed by atoms with E-state index in [4.69, 9.17) is 4.74 Å². The lowest BCUT2D eigenvalue weighted by Gasteiger charge is -2.08. The molecule has 0 aliphatic rings. The van der Waals surface area contributed by atoms with Crippen molar-refractivity contribution in [2.45, 2.75) is 26.8 Å². The van der Waals surface area contributed by atoms with Gasteiger partial charge in [0.2, 0.25) is 0 Å². The molecule has 1 heterocycles. The zero-order valence-corrected chi connectivity index (χ0v) is 11.5. The van der Waals surface area contributed by atoms with Gasteiger partial charge in [0.15, 0.2) is 0 Å². The summed E-state index contributed by atoms with van der Waals surface area (Å²) in [6.07, 6.45) is 2.93. The van der Waals surface area contributed by atoms with Crippen LogP contribution in [0.25, 0.3) is 0 Å². The molecule has 0 amide bonds. The second-order valence-corrected chi connectivity index (χ2v) is 4.53. The molecule has 0 aliphatic heterocycles. The third-order valence-electron chi connectivity index (χ3n) is 2.80. The Labute approximate surface area is 114 Å². The first kappa shape index (κ1) is 13.4. The van der Waals surface area contributed by atoms with Crippen LogP contribution in [0.15, 0.2) is 42.6 Å². The lowest BCUT2D eigenvalue weighted by Crippen LogP contribution is -2.00. The monoisotopic (exact) mass is 256 g/mol. The highest BCUT2D eigenvalue weighted by Crippen LogP contribution is 2.16. The minimum atomic E-state index is 0.766. The first-order valence-electron chi connectivity index (χ1n) is 6.66. The third kappa shape index (κ3) is 4.28. The summed E-state index contributed by atoms with van der Waals surface area (Å²) in [5.74, 6) is 0.921. The SMILES string of the molecule is CCCOc1ccc(NCc2ccc(C)nc2)cc1. The van der Waals surface area contributed by atoms with Gasteiger partial charge in [-0.25, -0.2) is 0 Å². The van der Waals surface area contributed by atoms with E-state index in [0.29, 0.717) is 0 Å². The maximum Gasteiger partial charge on any atom is 0.119 e. The summed E-state index contributed by atoms with van der Waals surface area (Å²) in [5, 5.41) is 3.37. The molecule has 3 nitrogen and oxygen atoms in total. The number of nitrogens with zero attached hydrogens (tertiary/aromatic N) is 1. The zero-order chi connectivity index (χ0) is 13.5. The van der Waals surface area contributed by atoms with Gasteiger partial charge in [0.25, 0.3) is 0 Å². The highest BCUT2D eigenvalue weighted by atomic mass is 16.5. The zero-order valence-electron chi connectivity index (χ0n) is 11.5. The lowest BCUT2D eigenvalue weighted by molar-refractivity contribution is 0.317. The summed E-state index contributed by atoms with van der Waals surface area (Å²) in [7, 11) is 0. The second kappa shape index (κ2) is 6.78. The molecular formula is C16H20N2O. The molecule has 19 heavy (non-hydrogen) atoms. The number of anilines is 1. The molecule has 2 aromatic rings. The molecule has 0 saturated carbocycles. The van der Waals surface area contributed by atoms with E-state index >= 15 is 0 Å². The Kier molecular flexibility index (Phi) is 4.78. The van der Waals surface area contributed by atoms with E-state index in [1.807, 2.05) is 43.5 Å². The number of aromatic nitrogens is 1. The molecule has 0 fully saturated rings. The standard InChI is InChI=1S/C16H20N2O/c1-3-10-19-16-8-6-15(7-9-16)18-12-14-5-4-13(2)17-11-14/h4-9,11,18H,3,10,12H2,1-2H3. The Hall–Kier alpha value is -2.03. The first-order chi connectivity index (χ1) is 9.28. The van der Waals surface area contributed by atoms with E-state index in [2.05, 4.69) is 23.3 Å². The minimum Gasteiger partial charge on any atom is -0.494 e. The van der Waals surface area contributed by atoms with Crippen molar-refractivity contribution in [3.8, 4) is 5.75 Å². The summed E-state index contributed by atoms with van der Waals surface area (Å²) in [6.45, 7) is 5.64. The van der Waals surface area contributed by atoms with Crippen molar-refractivity contribution in [3.63, 3.8) is 0 Å². The van der Waals surface area contributed by atoms with E-state index < -0.39 is 0 Å². The van der Waals surface area contributed by atoms with Gasteiger partial charge in [-0.3, -0.25) is 4.98 Å². The van der Waals surface area contributed by atoms with Gasteiger partial charge in [-0.15, -0.1) is 0 Å². The van der Waals surface area contributed by atoms with Crippen molar-refractivity contribution >= 4 is 5.69 Å². The van der Waals surface area contributed by atoms with Gasteiger partial charge < -0.3 is 10.1 Å². The van der Waals surface area contributed by atoms with Gasteiger partial charge in [0, 0.05) is 24.1 Å². The number of nitrogens with one attached hydrogen (secondary N) is 1. The fourth-order valence-corrected chi connectivity index (χ4v) is 1.70. The van der Waals surface area contributed by atoms with Crippen LogP contribution in [0.3, 0.4) is 0 Å². The van der Waals surface area contributed by atoms with Gasteiger partial charge in [0.1, 0.15) is 5.75 Å². The van der Waals surface area contributed by atoms with Crippen LogP contribution in [0.5, 0.6) is 5.75 Å². The van der Waals surface area contributed by atoms with Crippen LogP contribution in [0.1, 0.15) is 24.6 Å². The summed E-state index contributed by atoms with van der Waals surface area (Å²) in [4.78, 5) is 4.28. The number of benzene rings is 1. The predicted octanol–water partition coefficient (Wildman–Crippen LogP) is 3.79. The highest BCUT2D eigenvalue weighted by molar-refractivity contribution is 5.46. The molecule has 1 aromatic carbocycles. The van der Waals surface area contributed by atoms with Crippen LogP contribution < -0.4 is 10.1 Å². The Balaban J connectivity index is 1.87. The smallest absolute Gasteiger partial charge is 0.119 e. The third-order valence-corrected chi connectivity index (χ3v) is 2.80. The van der Waals surface area contributed by atoms with Gasteiger partial charge >= 0.3 is 0 Å². The number of rotatable bonds is 6. The summed E-state index contributed by atoms with van der Waals surface area (Å²) < 4.78 is 5.55. The fraction of sp³-hybridized carbons (Fsp3) is 0.312. The molecule has 0 bridgehead atoms. The minimum absolute atomic E-state index is 0.766. The molecule has 3 heteroatoms. The largest absolute Gasteiger partial charge is 0.494 e. The molecular weight excluding hydrogens is 236 g/mol. The molecule has 0 aliphatic carbocycles.